The van der Waals surface area contributed by atoms with Crippen LogP contribution in [0.25, 0.3) is 22.2 Å². The number of carbonyl (C=O) groups is 1. The van der Waals surface area contributed by atoms with Crippen LogP contribution in [-0.4, -0.2) is 21.2 Å². The van der Waals surface area contributed by atoms with Crippen LogP contribution < -0.4 is 0 Å². The second-order valence-corrected chi connectivity index (χ2v) is 3.62. The van der Waals surface area contributed by atoms with Gasteiger partial charge in [0.1, 0.15) is 5.56 Å². The van der Waals surface area contributed by atoms with E-state index in [-0.39, 0.29) is 11.3 Å². The molecule has 0 aliphatic rings. The quantitative estimate of drug-likeness (QED) is 0.706. The molecule has 84 valence electrons. The number of hydrogen-bond donors (Lipinski definition) is 2. The normalized spacial score (nSPS) is 10.8. The predicted octanol–water partition coefficient (Wildman–Crippen LogP) is 2.52. The van der Waals surface area contributed by atoms with Crippen molar-refractivity contribution in [2.45, 2.75) is 0 Å². The lowest BCUT2D eigenvalue weighted by Crippen LogP contribution is -1.95. The van der Waals surface area contributed by atoms with Crippen molar-refractivity contribution in [2.75, 3.05) is 0 Å². The molecule has 0 aliphatic heterocycles. The highest BCUT2D eigenvalue weighted by molar-refractivity contribution is 6.00. The molecule has 0 atom stereocenters. The Bertz CT molecular complexity index is 696. The number of benzene rings is 1. The maximum absolute atomic E-state index is 11.0. The average Bonchev–Trinajstić information content (AvgIpc) is 2.97. The first-order valence-electron chi connectivity index (χ1n) is 5.02. The van der Waals surface area contributed by atoms with Gasteiger partial charge in [-0.1, -0.05) is 17.3 Å². The van der Waals surface area contributed by atoms with E-state index in [0.29, 0.717) is 0 Å². The van der Waals surface area contributed by atoms with E-state index in [2.05, 4.69) is 10.1 Å². The van der Waals surface area contributed by atoms with Crippen molar-refractivity contribution < 1.29 is 14.4 Å². The molecule has 3 aromatic rings. The molecule has 2 N–H and O–H groups in total. The smallest absolute Gasteiger partial charge is 0.341 e. The molecule has 0 saturated carbocycles. The molecule has 0 aliphatic carbocycles. The monoisotopic (exact) mass is 228 g/mol. The molecule has 2 heterocycles. The summed E-state index contributed by atoms with van der Waals surface area (Å²) >= 11 is 0. The van der Waals surface area contributed by atoms with E-state index in [1.54, 1.807) is 6.20 Å². The van der Waals surface area contributed by atoms with E-state index in [1.165, 1.54) is 6.20 Å². The van der Waals surface area contributed by atoms with Crippen molar-refractivity contribution in [2.24, 2.45) is 0 Å². The first-order valence-corrected chi connectivity index (χ1v) is 5.02. The molecule has 0 amide bonds. The Kier molecular flexibility index (Phi) is 1.98. The third-order valence-corrected chi connectivity index (χ3v) is 2.64. The minimum atomic E-state index is -1.05. The van der Waals surface area contributed by atoms with Crippen molar-refractivity contribution in [1.29, 1.82) is 0 Å². The molecule has 0 spiro atoms. The number of nitrogens with one attached hydrogen (secondary N) is 1. The fourth-order valence-corrected chi connectivity index (χ4v) is 1.87. The van der Waals surface area contributed by atoms with Gasteiger partial charge in [-0.2, -0.15) is 0 Å². The highest BCUT2D eigenvalue weighted by Crippen LogP contribution is 2.30. The number of hydrogen-bond acceptors (Lipinski definition) is 3. The van der Waals surface area contributed by atoms with Gasteiger partial charge in [0.25, 0.3) is 0 Å². The summed E-state index contributed by atoms with van der Waals surface area (Å²) in [7, 11) is 0. The summed E-state index contributed by atoms with van der Waals surface area (Å²) in [6.45, 7) is 0. The van der Waals surface area contributed by atoms with Crippen LogP contribution >= 0.6 is 0 Å². The minimum absolute atomic E-state index is 0.0682. The Morgan fingerprint density at radius 1 is 1.35 bits per heavy atom. The van der Waals surface area contributed by atoms with Crippen molar-refractivity contribution in [3.8, 4) is 11.3 Å². The topological polar surface area (TPSA) is 79.1 Å². The van der Waals surface area contributed by atoms with E-state index in [1.807, 2.05) is 24.3 Å². The second kappa shape index (κ2) is 3.48. The molecule has 2 aromatic heterocycles. The van der Waals surface area contributed by atoms with Crippen LogP contribution in [0.5, 0.6) is 0 Å². The summed E-state index contributed by atoms with van der Waals surface area (Å²) in [6, 6.07) is 7.43. The number of H-pyrrole nitrogens is 1. The highest BCUT2D eigenvalue weighted by Gasteiger charge is 2.18. The molecular weight excluding hydrogens is 220 g/mol. The summed E-state index contributed by atoms with van der Waals surface area (Å²) in [6.07, 6.45) is 3.01. The molecule has 1 aromatic carbocycles. The van der Waals surface area contributed by atoms with Gasteiger partial charge in [-0.25, -0.2) is 4.79 Å². The van der Waals surface area contributed by atoms with Crippen LogP contribution in [-0.2, 0) is 0 Å². The Labute approximate surface area is 95.7 Å². The highest BCUT2D eigenvalue weighted by atomic mass is 16.5. The van der Waals surface area contributed by atoms with Crippen LogP contribution in [0.3, 0.4) is 0 Å². The van der Waals surface area contributed by atoms with Gasteiger partial charge in [0.15, 0.2) is 5.76 Å². The zero-order valence-corrected chi connectivity index (χ0v) is 8.68. The zero-order chi connectivity index (χ0) is 11.8. The Morgan fingerprint density at radius 2 is 2.24 bits per heavy atom. The maximum Gasteiger partial charge on any atom is 0.341 e. The van der Waals surface area contributed by atoms with E-state index < -0.39 is 5.97 Å². The summed E-state index contributed by atoms with van der Waals surface area (Å²) < 4.78 is 5.04. The van der Waals surface area contributed by atoms with Crippen LogP contribution in [0, 0.1) is 0 Å². The minimum Gasteiger partial charge on any atom is -0.477 e. The molecule has 17 heavy (non-hydrogen) atoms. The Balaban J connectivity index is 2.30. The number of fused-ring (bicyclic) bond motifs is 1. The summed E-state index contributed by atoms with van der Waals surface area (Å²) in [5.41, 5.74) is 1.72. The lowest BCUT2D eigenvalue weighted by Gasteiger charge is -1.99. The molecule has 0 radical (unpaired) electrons. The van der Waals surface area contributed by atoms with Gasteiger partial charge in [-0.05, 0) is 12.1 Å². The Hall–Kier alpha value is -2.56. The van der Waals surface area contributed by atoms with Crippen molar-refractivity contribution >= 4 is 16.9 Å². The molecule has 0 fully saturated rings. The number of carboxylic acids is 1. The van der Waals surface area contributed by atoms with E-state index in [9.17, 15) is 4.79 Å². The largest absolute Gasteiger partial charge is 0.477 e. The molecule has 0 bridgehead atoms. The van der Waals surface area contributed by atoms with Crippen molar-refractivity contribution in [1.82, 2.24) is 10.1 Å². The summed E-state index contributed by atoms with van der Waals surface area (Å²) in [5, 5.41) is 13.5. The van der Waals surface area contributed by atoms with E-state index in [4.69, 9.17) is 9.63 Å². The summed E-state index contributed by atoms with van der Waals surface area (Å²) in [4.78, 5) is 14.1. The maximum atomic E-state index is 11.0. The van der Waals surface area contributed by atoms with Gasteiger partial charge in [0.05, 0.1) is 6.20 Å². The van der Waals surface area contributed by atoms with Crippen LogP contribution in [0.2, 0.25) is 0 Å². The number of aromatic carboxylic acids is 1. The third-order valence-electron chi connectivity index (χ3n) is 2.64. The van der Waals surface area contributed by atoms with Crippen LogP contribution in [0.4, 0.5) is 0 Å². The standard InChI is InChI=1S/C12H8N2O3/c15-12(16)9-6-14-17-11(9)8-2-1-3-10-7(8)4-5-13-10/h1-6,13H,(H,15,16). The third kappa shape index (κ3) is 1.40. The fourth-order valence-electron chi connectivity index (χ4n) is 1.87. The van der Waals surface area contributed by atoms with Gasteiger partial charge in [0.2, 0.25) is 0 Å². The SMILES string of the molecule is O=C(O)c1cnoc1-c1cccc2[nH]ccc12. The first-order chi connectivity index (χ1) is 8.27. The number of aromatic amines is 1. The molecule has 0 unspecified atom stereocenters. The molecule has 5 nitrogen and oxygen atoms in total. The zero-order valence-electron chi connectivity index (χ0n) is 8.68. The predicted molar refractivity (Wildman–Crippen MR) is 60.8 cm³/mol. The number of carboxylic acid groups (broad SMARTS) is 1. The molecule has 3 rings (SSSR count). The number of nitrogens with zero attached hydrogens (tertiary/aromatic N) is 1. The van der Waals surface area contributed by atoms with Gasteiger partial charge in [-0.3, -0.25) is 0 Å². The Morgan fingerprint density at radius 3 is 3.06 bits per heavy atom. The average molecular weight is 228 g/mol. The van der Waals surface area contributed by atoms with Gasteiger partial charge in [-0.15, -0.1) is 0 Å². The van der Waals surface area contributed by atoms with Gasteiger partial charge in [0, 0.05) is 22.7 Å². The second-order valence-electron chi connectivity index (χ2n) is 3.62. The van der Waals surface area contributed by atoms with Crippen LogP contribution in [0.15, 0.2) is 41.2 Å². The summed E-state index contributed by atoms with van der Waals surface area (Å²) in [5.74, 6) is -0.767. The number of aromatic nitrogens is 2. The van der Waals surface area contributed by atoms with Crippen LogP contribution in [0.1, 0.15) is 10.4 Å². The van der Waals surface area contributed by atoms with Crippen molar-refractivity contribution in [3.05, 3.63) is 42.2 Å². The number of rotatable bonds is 2. The lowest BCUT2D eigenvalue weighted by molar-refractivity contribution is 0.0697. The first kappa shape index (κ1) is 9.65. The van der Waals surface area contributed by atoms with Crippen molar-refractivity contribution in [3.63, 3.8) is 0 Å². The fraction of sp³-hybridized carbons (Fsp3) is 0. The molecule has 5 heteroatoms. The van der Waals surface area contributed by atoms with E-state index >= 15 is 0 Å². The lowest BCUT2D eigenvalue weighted by atomic mass is 10.1. The molecule has 0 saturated heterocycles. The van der Waals surface area contributed by atoms with Gasteiger partial charge >= 0.3 is 5.97 Å². The molecular formula is C12H8N2O3. The van der Waals surface area contributed by atoms with Gasteiger partial charge < -0.3 is 14.6 Å². The van der Waals surface area contributed by atoms with E-state index in [0.717, 1.165) is 16.5 Å².